The number of guanidine groups is 1. The Bertz CT molecular complexity index is 1050. The molecule has 4 rings (SSSR count). The Morgan fingerprint density at radius 2 is 1.94 bits per heavy atom. The standard InChI is InChI=1S/C24H31N7O2/c1-25-24(28-14-18-4-6-27-23(12-18)31-9-7-26-17-31)29-20-5-8-30(16-20)15-19-10-21(32-2)13-22(11-19)33-3/h4,6-7,9-13,17,20H,5,8,14-16H2,1-3H3,(H2,25,28,29). The predicted molar refractivity (Wildman–Crippen MR) is 128 cm³/mol. The Morgan fingerprint density at radius 3 is 2.64 bits per heavy atom. The lowest BCUT2D eigenvalue weighted by Gasteiger charge is -2.19. The topological polar surface area (TPSA) is 88.8 Å². The van der Waals surface area contributed by atoms with Gasteiger partial charge in [-0.05, 0) is 41.8 Å². The van der Waals surface area contributed by atoms with Gasteiger partial charge < -0.3 is 20.1 Å². The minimum Gasteiger partial charge on any atom is -0.497 e. The smallest absolute Gasteiger partial charge is 0.191 e. The second-order valence-electron chi connectivity index (χ2n) is 8.00. The van der Waals surface area contributed by atoms with Crippen LogP contribution in [0.25, 0.3) is 5.82 Å². The van der Waals surface area contributed by atoms with Crippen LogP contribution in [0, 0.1) is 0 Å². The van der Waals surface area contributed by atoms with Gasteiger partial charge in [0, 0.05) is 63.9 Å². The first-order chi connectivity index (χ1) is 16.2. The van der Waals surface area contributed by atoms with Gasteiger partial charge >= 0.3 is 0 Å². The minimum absolute atomic E-state index is 0.336. The molecule has 33 heavy (non-hydrogen) atoms. The van der Waals surface area contributed by atoms with Crippen LogP contribution in [0.3, 0.4) is 0 Å². The zero-order valence-electron chi connectivity index (χ0n) is 19.4. The van der Waals surface area contributed by atoms with E-state index in [1.165, 1.54) is 5.56 Å². The molecule has 1 aliphatic heterocycles. The van der Waals surface area contributed by atoms with Gasteiger partial charge in [-0.25, -0.2) is 9.97 Å². The molecular weight excluding hydrogens is 418 g/mol. The Kier molecular flexibility index (Phi) is 7.41. The molecule has 1 aromatic carbocycles. The van der Waals surface area contributed by atoms with Crippen LogP contribution < -0.4 is 20.1 Å². The maximum absolute atomic E-state index is 5.40. The Labute approximate surface area is 194 Å². The van der Waals surface area contributed by atoms with Crippen molar-refractivity contribution >= 4 is 5.96 Å². The van der Waals surface area contributed by atoms with E-state index in [1.54, 1.807) is 33.8 Å². The largest absolute Gasteiger partial charge is 0.497 e. The third kappa shape index (κ3) is 6.01. The van der Waals surface area contributed by atoms with Gasteiger partial charge in [0.05, 0.1) is 14.2 Å². The van der Waals surface area contributed by atoms with Crippen molar-refractivity contribution < 1.29 is 9.47 Å². The van der Waals surface area contributed by atoms with E-state index in [1.807, 2.05) is 35.2 Å². The molecule has 2 N–H and O–H groups in total. The van der Waals surface area contributed by atoms with E-state index < -0.39 is 0 Å². The predicted octanol–water partition coefficient (Wildman–Crippen LogP) is 2.22. The van der Waals surface area contributed by atoms with E-state index in [4.69, 9.17) is 9.47 Å². The number of benzene rings is 1. The van der Waals surface area contributed by atoms with E-state index in [0.717, 1.165) is 54.9 Å². The highest BCUT2D eigenvalue weighted by molar-refractivity contribution is 5.80. The third-order valence-corrected chi connectivity index (χ3v) is 5.69. The molecule has 0 radical (unpaired) electrons. The van der Waals surface area contributed by atoms with Crippen molar-refractivity contribution in [3.63, 3.8) is 0 Å². The molecule has 1 saturated heterocycles. The highest BCUT2D eigenvalue weighted by Gasteiger charge is 2.23. The molecule has 0 bridgehead atoms. The molecule has 1 aliphatic rings. The van der Waals surface area contributed by atoms with Gasteiger partial charge in [0.15, 0.2) is 5.96 Å². The Hall–Kier alpha value is -3.59. The van der Waals surface area contributed by atoms with Crippen LogP contribution in [-0.4, -0.2) is 65.8 Å². The maximum Gasteiger partial charge on any atom is 0.191 e. The zero-order valence-corrected chi connectivity index (χ0v) is 19.4. The molecule has 9 heteroatoms. The molecule has 3 aromatic rings. The van der Waals surface area contributed by atoms with Gasteiger partial charge in [0.1, 0.15) is 23.6 Å². The first-order valence-corrected chi connectivity index (χ1v) is 11.0. The lowest BCUT2D eigenvalue weighted by molar-refractivity contribution is 0.321. The number of hydrogen-bond donors (Lipinski definition) is 2. The molecule has 2 aromatic heterocycles. The van der Waals surface area contributed by atoms with Crippen LogP contribution in [0.2, 0.25) is 0 Å². The summed E-state index contributed by atoms with van der Waals surface area (Å²) in [5.74, 6) is 3.27. The first-order valence-electron chi connectivity index (χ1n) is 11.0. The summed E-state index contributed by atoms with van der Waals surface area (Å²) in [6.45, 7) is 3.48. The van der Waals surface area contributed by atoms with Gasteiger partial charge in [-0.1, -0.05) is 0 Å². The van der Waals surface area contributed by atoms with Crippen LogP contribution in [0.5, 0.6) is 11.5 Å². The van der Waals surface area contributed by atoms with Crippen LogP contribution in [-0.2, 0) is 13.1 Å². The molecule has 3 heterocycles. The number of nitrogens with zero attached hydrogens (tertiary/aromatic N) is 5. The summed E-state index contributed by atoms with van der Waals surface area (Å²) < 4.78 is 12.7. The van der Waals surface area contributed by atoms with E-state index >= 15 is 0 Å². The number of ether oxygens (including phenoxy) is 2. The fourth-order valence-corrected chi connectivity index (χ4v) is 3.99. The van der Waals surface area contributed by atoms with E-state index in [-0.39, 0.29) is 0 Å². The van der Waals surface area contributed by atoms with Crippen molar-refractivity contribution in [3.8, 4) is 17.3 Å². The Morgan fingerprint density at radius 1 is 1.12 bits per heavy atom. The number of pyridine rings is 1. The molecule has 1 fully saturated rings. The second-order valence-corrected chi connectivity index (χ2v) is 8.00. The van der Waals surface area contributed by atoms with E-state index in [0.29, 0.717) is 12.6 Å². The minimum atomic E-state index is 0.336. The normalized spacial score (nSPS) is 16.6. The summed E-state index contributed by atoms with van der Waals surface area (Å²) >= 11 is 0. The summed E-state index contributed by atoms with van der Waals surface area (Å²) in [5.41, 5.74) is 2.30. The van der Waals surface area contributed by atoms with Crippen LogP contribution in [0.4, 0.5) is 0 Å². The SMILES string of the molecule is CN=C(NCc1ccnc(-n2ccnc2)c1)NC1CCN(Cc2cc(OC)cc(OC)c2)C1. The fraction of sp³-hybridized carbons (Fsp3) is 0.375. The Balaban J connectivity index is 1.29. The van der Waals surface area contributed by atoms with Gasteiger partial charge in [-0.2, -0.15) is 0 Å². The molecule has 0 saturated carbocycles. The second kappa shape index (κ2) is 10.8. The van der Waals surface area contributed by atoms with Crippen LogP contribution in [0.1, 0.15) is 17.5 Å². The summed E-state index contributed by atoms with van der Waals surface area (Å²) in [6, 6.07) is 10.4. The molecular formula is C24H31N7O2. The highest BCUT2D eigenvalue weighted by Crippen LogP contribution is 2.24. The number of nitrogens with one attached hydrogen (secondary N) is 2. The van der Waals surface area contributed by atoms with Crippen molar-refractivity contribution in [1.29, 1.82) is 0 Å². The summed E-state index contributed by atoms with van der Waals surface area (Å²) in [5, 5.41) is 6.97. The lowest BCUT2D eigenvalue weighted by atomic mass is 10.2. The molecule has 0 amide bonds. The number of methoxy groups -OCH3 is 2. The van der Waals surface area contributed by atoms with Crippen molar-refractivity contribution in [2.45, 2.75) is 25.6 Å². The third-order valence-electron chi connectivity index (χ3n) is 5.69. The van der Waals surface area contributed by atoms with Gasteiger partial charge in [-0.3, -0.25) is 14.5 Å². The van der Waals surface area contributed by atoms with E-state index in [2.05, 4.69) is 42.6 Å². The maximum atomic E-state index is 5.40. The first kappa shape index (κ1) is 22.6. The molecule has 9 nitrogen and oxygen atoms in total. The summed E-state index contributed by atoms with van der Waals surface area (Å²) in [7, 11) is 5.16. The van der Waals surface area contributed by atoms with Gasteiger partial charge in [0.25, 0.3) is 0 Å². The number of aliphatic imine (C=N–C) groups is 1. The van der Waals surface area contributed by atoms with Crippen molar-refractivity contribution in [2.75, 3.05) is 34.4 Å². The lowest BCUT2D eigenvalue weighted by Crippen LogP contribution is -2.44. The molecule has 1 unspecified atom stereocenters. The average molecular weight is 450 g/mol. The van der Waals surface area contributed by atoms with Gasteiger partial charge in [0.2, 0.25) is 0 Å². The summed E-state index contributed by atoms with van der Waals surface area (Å²) in [6.07, 6.45) is 8.24. The van der Waals surface area contributed by atoms with E-state index in [9.17, 15) is 0 Å². The molecule has 0 aliphatic carbocycles. The summed E-state index contributed by atoms with van der Waals surface area (Å²) in [4.78, 5) is 15.3. The fourth-order valence-electron chi connectivity index (χ4n) is 3.99. The molecule has 1 atom stereocenters. The average Bonchev–Trinajstić information content (AvgIpc) is 3.54. The van der Waals surface area contributed by atoms with Crippen molar-refractivity contribution in [1.82, 2.24) is 30.1 Å². The molecule has 174 valence electrons. The van der Waals surface area contributed by atoms with Crippen molar-refractivity contribution in [2.24, 2.45) is 4.99 Å². The monoisotopic (exact) mass is 449 g/mol. The van der Waals surface area contributed by atoms with Crippen LogP contribution >= 0.6 is 0 Å². The number of rotatable bonds is 8. The quantitative estimate of drug-likeness (QED) is 0.403. The number of likely N-dealkylation sites (tertiary alicyclic amines) is 1. The van der Waals surface area contributed by atoms with Crippen LogP contribution in [0.15, 0.2) is 60.2 Å². The number of imidazole rings is 1. The highest BCUT2D eigenvalue weighted by atomic mass is 16.5. The molecule has 0 spiro atoms. The van der Waals surface area contributed by atoms with Crippen molar-refractivity contribution in [3.05, 3.63) is 66.4 Å². The number of aromatic nitrogens is 3. The number of hydrogen-bond acceptors (Lipinski definition) is 6. The zero-order chi connectivity index (χ0) is 23.0. The van der Waals surface area contributed by atoms with Gasteiger partial charge in [-0.15, -0.1) is 0 Å².